The van der Waals surface area contributed by atoms with Gasteiger partial charge in [0, 0.05) is 0 Å². The molecule has 1 aromatic rings. The van der Waals surface area contributed by atoms with Gasteiger partial charge < -0.3 is 10.5 Å². The minimum Gasteiger partial charge on any atom is -0.461 e. The van der Waals surface area contributed by atoms with Crippen molar-refractivity contribution >= 4 is 11.8 Å². The molecule has 1 aliphatic rings. The second-order valence-corrected chi connectivity index (χ2v) is 4.68. The maximum absolute atomic E-state index is 11.8. The molecule has 6 heteroatoms. The number of nitriles is 1. The predicted octanol–water partition coefficient (Wildman–Crippen LogP) is 2.02. The van der Waals surface area contributed by atoms with E-state index in [1.54, 1.807) is 11.6 Å². The number of nitrogen functional groups attached to an aromatic ring is 1. The summed E-state index contributed by atoms with van der Waals surface area (Å²) in [6.45, 7) is 1.96. The molecule has 1 heterocycles. The number of carbonyl (C=O) groups excluding carboxylic acids is 1. The van der Waals surface area contributed by atoms with Crippen molar-refractivity contribution in [3.8, 4) is 6.07 Å². The molecular weight excluding hydrogens is 244 g/mol. The molecule has 0 radical (unpaired) electrons. The van der Waals surface area contributed by atoms with Crippen LogP contribution in [0.5, 0.6) is 0 Å². The van der Waals surface area contributed by atoms with Crippen LogP contribution >= 0.6 is 0 Å². The van der Waals surface area contributed by atoms with E-state index in [4.69, 9.17) is 15.7 Å². The number of rotatable bonds is 3. The lowest BCUT2D eigenvalue weighted by Gasteiger charge is -2.22. The molecule has 2 N–H and O–H groups in total. The van der Waals surface area contributed by atoms with Crippen LogP contribution in [0.3, 0.4) is 0 Å². The largest absolute Gasteiger partial charge is 0.461 e. The normalized spacial score (nSPS) is 16.0. The van der Waals surface area contributed by atoms with E-state index >= 15 is 0 Å². The van der Waals surface area contributed by atoms with Crippen LogP contribution in [0, 0.1) is 11.3 Å². The number of esters is 1. The van der Waals surface area contributed by atoms with Gasteiger partial charge in [0.1, 0.15) is 17.5 Å². The Labute approximate surface area is 112 Å². The summed E-state index contributed by atoms with van der Waals surface area (Å²) < 4.78 is 6.53. The van der Waals surface area contributed by atoms with Crippen molar-refractivity contribution in [3.63, 3.8) is 0 Å². The molecule has 0 aromatic carbocycles. The highest BCUT2D eigenvalue weighted by Crippen LogP contribution is 2.31. The van der Waals surface area contributed by atoms with Gasteiger partial charge in [0.25, 0.3) is 0 Å². The average Bonchev–Trinajstić information content (AvgIpc) is 2.77. The van der Waals surface area contributed by atoms with Crippen molar-refractivity contribution in [1.82, 2.24) is 9.78 Å². The highest BCUT2D eigenvalue weighted by Gasteiger charge is 2.26. The monoisotopic (exact) mass is 262 g/mol. The molecule has 0 aliphatic heterocycles. The fraction of sp³-hybridized carbons (Fsp3) is 0.615. The van der Waals surface area contributed by atoms with Gasteiger partial charge in [-0.2, -0.15) is 10.4 Å². The van der Waals surface area contributed by atoms with Crippen LogP contribution in [-0.4, -0.2) is 22.4 Å². The van der Waals surface area contributed by atoms with E-state index in [1.807, 2.05) is 6.07 Å². The smallest absolute Gasteiger partial charge is 0.360 e. The van der Waals surface area contributed by atoms with Crippen molar-refractivity contribution < 1.29 is 9.53 Å². The van der Waals surface area contributed by atoms with Crippen molar-refractivity contribution in [2.45, 2.75) is 45.1 Å². The van der Waals surface area contributed by atoms with Gasteiger partial charge in [-0.05, 0) is 19.8 Å². The number of anilines is 1. The Kier molecular flexibility index (Phi) is 4.05. The molecule has 1 saturated carbocycles. The zero-order chi connectivity index (χ0) is 13.8. The molecule has 1 fully saturated rings. The Bertz CT molecular complexity index is 509. The van der Waals surface area contributed by atoms with Crippen LogP contribution in [-0.2, 0) is 4.74 Å². The van der Waals surface area contributed by atoms with E-state index in [0.717, 1.165) is 25.7 Å². The lowest BCUT2D eigenvalue weighted by atomic mass is 9.96. The van der Waals surface area contributed by atoms with Gasteiger partial charge in [-0.1, -0.05) is 19.3 Å². The maximum atomic E-state index is 11.8. The van der Waals surface area contributed by atoms with E-state index in [0.29, 0.717) is 0 Å². The Balaban J connectivity index is 2.35. The van der Waals surface area contributed by atoms with Crippen LogP contribution in [0.4, 0.5) is 5.82 Å². The minimum atomic E-state index is -0.583. The molecule has 0 amide bonds. The van der Waals surface area contributed by atoms with Gasteiger partial charge in [-0.3, -0.25) is 0 Å². The summed E-state index contributed by atoms with van der Waals surface area (Å²) in [4.78, 5) is 11.8. The van der Waals surface area contributed by atoms with Gasteiger partial charge >= 0.3 is 5.97 Å². The van der Waals surface area contributed by atoms with Crippen LogP contribution in [0.25, 0.3) is 0 Å². The molecule has 1 aliphatic carbocycles. The molecule has 1 aromatic heterocycles. The quantitative estimate of drug-likeness (QED) is 0.841. The maximum Gasteiger partial charge on any atom is 0.360 e. The zero-order valence-electron chi connectivity index (χ0n) is 11.1. The molecule has 102 valence electrons. The number of hydrogen-bond donors (Lipinski definition) is 1. The number of aromatic nitrogens is 2. The number of nitrogens with zero attached hydrogens (tertiary/aromatic N) is 3. The van der Waals surface area contributed by atoms with E-state index in [9.17, 15) is 4.79 Å². The molecule has 0 unspecified atom stereocenters. The number of carbonyl (C=O) groups is 1. The van der Waals surface area contributed by atoms with Crippen LogP contribution in [0.2, 0.25) is 0 Å². The Morgan fingerprint density at radius 2 is 2.21 bits per heavy atom. The fourth-order valence-electron chi connectivity index (χ4n) is 2.50. The molecule has 0 bridgehead atoms. The summed E-state index contributed by atoms with van der Waals surface area (Å²) in [6, 6.07) is 2.14. The lowest BCUT2D eigenvalue weighted by Crippen LogP contribution is -2.17. The van der Waals surface area contributed by atoms with Gasteiger partial charge in [-0.15, -0.1) is 0 Å². The topological polar surface area (TPSA) is 93.9 Å². The summed E-state index contributed by atoms with van der Waals surface area (Å²) in [7, 11) is 0. The minimum absolute atomic E-state index is 0.0347. The summed E-state index contributed by atoms with van der Waals surface area (Å²) in [6.07, 6.45) is 5.44. The van der Waals surface area contributed by atoms with E-state index in [-0.39, 0.29) is 29.7 Å². The van der Waals surface area contributed by atoms with Crippen molar-refractivity contribution in [2.24, 2.45) is 0 Å². The molecule has 0 atom stereocenters. The first kappa shape index (κ1) is 13.4. The predicted molar refractivity (Wildman–Crippen MR) is 69.4 cm³/mol. The van der Waals surface area contributed by atoms with Crippen LogP contribution < -0.4 is 5.73 Å². The van der Waals surface area contributed by atoms with Crippen molar-refractivity contribution in [3.05, 3.63) is 11.3 Å². The van der Waals surface area contributed by atoms with Crippen LogP contribution in [0.15, 0.2) is 0 Å². The third-order valence-corrected chi connectivity index (χ3v) is 3.45. The summed E-state index contributed by atoms with van der Waals surface area (Å²) in [5, 5.41) is 13.4. The Hall–Kier alpha value is -2.03. The summed E-state index contributed by atoms with van der Waals surface area (Å²) in [5.74, 6) is -0.308. The highest BCUT2D eigenvalue weighted by atomic mass is 16.5. The first-order valence-electron chi connectivity index (χ1n) is 6.64. The molecular formula is C13H18N4O2. The van der Waals surface area contributed by atoms with E-state index in [2.05, 4.69) is 5.10 Å². The standard InChI is InChI=1S/C13H18N4O2/c1-2-19-13(18)11-10(8-14)12(15)17(16-11)9-6-4-3-5-7-9/h9H,2-7,15H2,1H3. The molecule has 19 heavy (non-hydrogen) atoms. The summed E-state index contributed by atoms with van der Waals surface area (Å²) >= 11 is 0. The SMILES string of the molecule is CCOC(=O)c1nn(C2CCCCC2)c(N)c1C#N. The second kappa shape index (κ2) is 5.74. The Morgan fingerprint density at radius 3 is 2.79 bits per heavy atom. The lowest BCUT2D eigenvalue weighted by molar-refractivity contribution is 0.0517. The van der Waals surface area contributed by atoms with Gasteiger partial charge in [0.15, 0.2) is 5.69 Å². The highest BCUT2D eigenvalue weighted by molar-refractivity contribution is 5.91. The first-order valence-corrected chi connectivity index (χ1v) is 6.64. The third kappa shape index (κ3) is 2.55. The number of nitrogens with two attached hydrogens (primary N) is 1. The van der Waals surface area contributed by atoms with Crippen molar-refractivity contribution in [1.29, 1.82) is 5.26 Å². The molecule has 6 nitrogen and oxygen atoms in total. The zero-order valence-corrected chi connectivity index (χ0v) is 11.1. The Morgan fingerprint density at radius 1 is 1.53 bits per heavy atom. The number of ether oxygens (including phenoxy) is 1. The third-order valence-electron chi connectivity index (χ3n) is 3.45. The molecule has 0 spiro atoms. The first-order chi connectivity index (χ1) is 9.19. The second-order valence-electron chi connectivity index (χ2n) is 4.68. The molecule has 0 saturated heterocycles. The van der Waals surface area contributed by atoms with E-state index < -0.39 is 5.97 Å². The van der Waals surface area contributed by atoms with Crippen molar-refractivity contribution in [2.75, 3.05) is 12.3 Å². The summed E-state index contributed by atoms with van der Waals surface area (Å²) in [5.41, 5.74) is 6.11. The van der Waals surface area contributed by atoms with Crippen LogP contribution in [0.1, 0.15) is 61.1 Å². The number of hydrogen-bond acceptors (Lipinski definition) is 5. The fourth-order valence-corrected chi connectivity index (χ4v) is 2.50. The average molecular weight is 262 g/mol. The van der Waals surface area contributed by atoms with Gasteiger partial charge in [0.05, 0.1) is 12.6 Å². The molecule has 2 rings (SSSR count). The van der Waals surface area contributed by atoms with E-state index in [1.165, 1.54) is 6.42 Å². The van der Waals surface area contributed by atoms with Gasteiger partial charge in [0.2, 0.25) is 0 Å². The van der Waals surface area contributed by atoms with Gasteiger partial charge in [-0.25, -0.2) is 9.48 Å².